The van der Waals surface area contributed by atoms with Crippen molar-refractivity contribution in [2.45, 2.75) is 32.1 Å². The minimum atomic E-state index is 0.275. The fourth-order valence-corrected chi connectivity index (χ4v) is 4.53. The van der Waals surface area contributed by atoms with Crippen LogP contribution in [0.15, 0.2) is 18.2 Å². The molecule has 0 aromatic heterocycles. The van der Waals surface area contributed by atoms with Gasteiger partial charge < -0.3 is 5.73 Å². The predicted octanol–water partition coefficient (Wildman–Crippen LogP) is 4.30. The monoisotopic (exact) mass is 283 g/mol. The van der Waals surface area contributed by atoms with E-state index in [1.807, 2.05) is 18.2 Å². The van der Waals surface area contributed by atoms with Gasteiger partial charge in [-0.1, -0.05) is 29.6 Å². The fraction of sp³-hybridized carbons (Fsp3) is 0.600. The number of rotatable bonds is 3. The zero-order chi connectivity index (χ0) is 12.8. The molecule has 2 bridgehead atoms. The molecular weight excluding hydrogens is 265 g/mol. The van der Waals surface area contributed by atoms with Gasteiger partial charge in [-0.2, -0.15) is 0 Å². The second-order valence-corrected chi connectivity index (χ2v) is 6.90. The van der Waals surface area contributed by atoms with Crippen LogP contribution in [-0.4, -0.2) is 6.54 Å². The maximum atomic E-state index is 6.30. The molecule has 3 heteroatoms. The normalized spacial score (nSPS) is 34.2. The van der Waals surface area contributed by atoms with Crippen molar-refractivity contribution >= 4 is 23.2 Å². The maximum absolute atomic E-state index is 6.30. The van der Waals surface area contributed by atoms with E-state index in [1.165, 1.54) is 31.2 Å². The van der Waals surface area contributed by atoms with Gasteiger partial charge >= 0.3 is 0 Å². The quantitative estimate of drug-likeness (QED) is 0.879. The molecule has 98 valence electrons. The Kier molecular flexibility index (Phi) is 3.34. The van der Waals surface area contributed by atoms with Crippen LogP contribution in [0.4, 0.5) is 0 Å². The Balaban J connectivity index is 1.88. The molecule has 0 aliphatic heterocycles. The molecular formula is C15H19Cl2N. The van der Waals surface area contributed by atoms with Crippen LogP contribution < -0.4 is 5.73 Å². The summed E-state index contributed by atoms with van der Waals surface area (Å²) in [6, 6.07) is 5.76. The van der Waals surface area contributed by atoms with E-state index in [0.717, 1.165) is 34.8 Å². The molecule has 1 aromatic carbocycles. The highest BCUT2D eigenvalue weighted by atomic mass is 35.5. The smallest absolute Gasteiger partial charge is 0.0439 e. The fourth-order valence-electron chi connectivity index (χ4n) is 4.15. The first-order chi connectivity index (χ1) is 8.63. The standard InChI is InChI=1S/C15H19Cl2N/c16-13-3-4-14(17)11(6-13)8-15(9-18)7-10-1-2-12(15)5-10/h3-4,6,10,12H,1-2,5,7-9,18H2. The first kappa shape index (κ1) is 12.8. The maximum Gasteiger partial charge on any atom is 0.0439 e. The molecule has 2 fully saturated rings. The number of halogens is 2. The van der Waals surface area contributed by atoms with E-state index in [2.05, 4.69) is 0 Å². The topological polar surface area (TPSA) is 26.0 Å². The SMILES string of the molecule is NCC1(Cc2cc(Cl)ccc2Cl)CC2CCC1C2. The molecule has 18 heavy (non-hydrogen) atoms. The van der Waals surface area contributed by atoms with Gasteiger partial charge in [-0.3, -0.25) is 0 Å². The van der Waals surface area contributed by atoms with Crippen LogP contribution in [0.3, 0.4) is 0 Å². The number of fused-ring (bicyclic) bond motifs is 2. The molecule has 0 radical (unpaired) electrons. The summed E-state index contributed by atoms with van der Waals surface area (Å²) in [6.45, 7) is 0.775. The highest BCUT2D eigenvalue weighted by molar-refractivity contribution is 6.33. The summed E-state index contributed by atoms with van der Waals surface area (Å²) in [5.41, 5.74) is 7.56. The molecule has 2 N–H and O–H groups in total. The Labute approximate surface area is 119 Å². The van der Waals surface area contributed by atoms with Crippen LogP contribution in [-0.2, 0) is 6.42 Å². The summed E-state index contributed by atoms with van der Waals surface area (Å²) in [7, 11) is 0. The third kappa shape index (κ3) is 2.07. The lowest BCUT2D eigenvalue weighted by molar-refractivity contribution is 0.172. The molecule has 3 atom stereocenters. The van der Waals surface area contributed by atoms with E-state index in [0.29, 0.717) is 0 Å². The average molecular weight is 284 g/mol. The van der Waals surface area contributed by atoms with Crippen molar-refractivity contribution in [2.24, 2.45) is 23.0 Å². The van der Waals surface area contributed by atoms with Gasteiger partial charge in [0, 0.05) is 10.0 Å². The van der Waals surface area contributed by atoms with Crippen LogP contribution in [0.1, 0.15) is 31.2 Å². The van der Waals surface area contributed by atoms with Gasteiger partial charge in [0.15, 0.2) is 0 Å². The summed E-state index contributed by atoms with van der Waals surface area (Å²) in [5.74, 6) is 1.69. The van der Waals surface area contributed by atoms with Crippen molar-refractivity contribution in [1.82, 2.24) is 0 Å². The number of hydrogen-bond acceptors (Lipinski definition) is 1. The molecule has 1 aromatic rings. The summed E-state index contributed by atoms with van der Waals surface area (Å²) < 4.78 is 0. The van der Waals surface area contributed by atoms with E-state index in [1.54, 1.807) is 0 Å². The molecule has 0 spiro atoms. The van der Waals surface area contributed by atoms with E-state index < -0.39 is 0 Å². The van der Waals surface area contributed by atoms with Crippen molar-refractivity contribution in [2.75, 3.05) is 6.54 Å². The first-order valence-electron chi connectivity index (χ1n) is 6.77. The summed E-state index contributed by atoms with van der Waals surface area (Å²) in [6.07, 6.45) is 6.38. The third-order valence-electron chi connectivity index (χ3n) is 5.06. The predicted molar refractivity (Wildman–Crippen MR) is 77.1 cm³/mol. The van der Waals surface area contributed by atoms with Gasteiger partial charge in [-0.25, -0.2) is 0 Å². The highest BCUT2D eigenvalue weighted by Gasteiger charge is 2.49. The Bertz CT molecular complexity index is 460. The Morgan fingerprint density at radius 2 is 2.11 bits per heavy atom. The lowest BCUT2D eigenvalue weighted by atomic mass is 9.69. The number of benzene rings is 1. The van der Waals surface area contributed by atoms with Gasteiger partial charge in [0.25, 0.3) is 0 Å². The molecule has 1 nitrogen and oxygen atoms in total. The Hall–Kier alpha value is -0.240. The number of nitrogens with two attached hydrogens (primary N) is 1. The van der Waals surface area contributed by atoms with Gasteiger partial charge in [-0.15, -0.1) is 0 Å². The van der Waals surface area contributed by atoms with E-state index in [9.17, 15) is 0 Å². The van der Waals surface area contributed by atoms with Crippen LogP contribution in [0.25, 0.3) is 0 Å². The van der Waals surface area contributed by atoms with Gasteiger partial charge in [0.1, 0.15) is 0 Å². The minimum Gasteiger partial charge on any atom is -0.330 e. The average Bonchev–Trinajstić information content (AvgIpc) is 2.94. The summed E-state index contributed by atoms with van der Waals surface area (Å²) in [5, 5.41) is 1.60. The molecule has 2 aliphatic rings. The van der Waals surface area contributed by atoms with Crippen LogP contribution in [0, 0.1) is 17.3 Å². The first-order valence-corrected chi connectivity index (χ1v) is 7.52. The molecule has 0 heterocycles. The second kappa shape index (κ2) is 4.70. The van der Waals surface area contributed by atoms with Crippen molar-refractivity contribution in [1.29, 1.82) is 0 Å². The highest BCUT2D eigenvalue weighted by Crippen LogP contribution is 2.57. The molecule has 0 saturated heterocycles. The lowest BCUT2D eigenvalue weighted by Gasteiger charge is -2.37. The molecule has 0 amide bonds. The molecule has 2 saturated carbocycles. The van der Waals surface area contributed by atoms with Crippen LogP contribution in [0.5, 0.6) is 0 Å². The van der Waals surface area contributed by atoms with E-state index >= 15 is 0 Å². The molecule has 3 rings (SSSR count). The molecule has 3 unspecified atom stereocenters. The van der Waals surface area contributed by atoms with Crippen molar-refractivity contribution < 1.29 is 0 Å². The van der Waals surface area contributed by atoms with E-state index in [-0.39, 0.29) is 5.41 Å². The minimum absolute atomic E-state index is 0.275. The summed E-state index contributed by atoms with van der Waals surface area (Å²) >= 11 is 12.4. The van der Waals surface area contributed by atoms with Gasteiger partial charge in [0.05, 0.1) is 0 Å². The van der Waals surface area contributed by atoms with Gasteiger partial charge in [-0.05, 0) is 73.2 Å². The van der Waals surface area contributed by atoms with Gasteiger partial charge in [0.2, 0.25) is 0 Å². The van der Waals surface area contributed by atoms with Crippen molar-refractivity contribution in [3.05, 3.63) is 33.8 Å². The zero-order valence-electron chi connectivity index (χ0n) is 10.5. The van der Waals surface area contributed by atoms with E-state index in [4.69, 9.17) is 28.9 Å². The number of hydrogen-bond donors (Lipinski definition) is 1. The van der Waals surface area contributed by atoms with Crippen molar-refractivity contribution in [3.63, 3.8) is 0 Å². The van der Waals surface area contributed by atoms with Crippen LogP contribution in [0.2, 0.25) is 10.0 Å². The largest absolute Gasteiger partial charge is 0.330 e. The molecule has 2 aliphatic carbocycles. The third-order valence-corrected chi connectivity index (χ3v) is 5.66. The zero-order valence-corrected chi connectivity index (χ0v) is 12.0. The van der Waals surface area contributed by atoms with Crippen LogP contribution >= 0.6 is 23.2 Å². The Morgan fingerprint density at radius 1 is 1.28 bits per heavy atom. The Morgan fingerprint density at radius 3 is 2.72 bits per heavy atom. The van der Waals surface area contributed by atoms with Crippen molar-refractivity contribution in [3.8, 4) is 0 Å². The lowest BCUT2D eigenvalue weighted by Crippen LogP contribution is -2.38. The second-order valence-electron chi connectivity index (χ2n) is 6.06. The summed E-state index contributed by atoms with van der Waals surface area (Å²) in [4.78, 5) is 0.